The fourth-order valence-corrected chi connectivity index (χ4v) is 2.26. The van der Waals surface area contributed by atoms with Crippen molar-refractivity contribution < 1.29 is 0 Å². The fourth-order valence-electron chi connectivity index (χ4n) is 2.04. The van der Waals surface area contributed by atoms with Crippen molar-refractivity contribution in [1.82, 2.24) is 9.97 Å². The molecule has 1 aliphatic heterocycles. The van der Waals surface area contributed by atoms with Gasteiger partial charge in [0, 0.05) is 19.6 Å². The van der Waals surface area contributed by atoms with E-state index >= 15 is 0 Å². The Morgan fingerprint density at radius 3 is 2.93 bits per heavy atom. The van der Waals surface area contributed by atoms with Gasteiger partial charge >= 0.3 is 0 Å². The third kappa shape index (κ3) is 1.86. The number of nitrogens with zero attached hydrogens (tertiary/aromatic N) is 3. The highest BCUT2D eigenvalue weighted by Gasteiger charge is 2.24. The number of rotatable bonds is 2. The lowest BCUT2D eigenvalue weighted by Crippen LogP contribution is -2.28. The summed E-state index contributed by atoms with van der Waals surface area (Å²) in [4.78, 5) is 10.6. The first-order chi connectivity index (χ1) is 7.24. The molecule has 1 aromatic rings. The van der Waals surface area contributed by atoms with Gasteiger partial charge in [0.1, 0.15) is 12.0 Å². The maximum atomic E-state index is 6.02. The van der Waals surface area contributed by atoms with Crippen molar-refractivity contribution in [3.05, 3.63) is 11.5 Å². The smallest absolute Gasteiger partial charge is 0.157 e. The summed E-state index contributed by atoms with van der Waals surface area (Å²) in [7, 11) is 1.84. The van der Waals surface area contributed by atoms with Gasteiger partial charge in [0.2, 0.25) is 0 Å². The first-order valence-electron chi connectivity index (χ1n) is 5.19. The van der Waals surface area contributed by atoms with Crippen LogP contribution in [0.5, 0.6) is 0 Å². The highest BCUT2D eigenvalue weighted by Crippen LogP contribution is 2.32. The van der Waals surface area contributed by atoms with Crippen LogP contribution in [-0.2, 0) is 0 Å². The monoisotopic (exact) mass is 226 g/mol. The van der Waals surface area contributed by atoms with E-state index < -0.39 is 0 Å². The van der Waals surface area contributed by atoms with Crippen LogP contribution in [0.15, 0.2) is 6.33 Å². The zero-order valence-electron chi connectivity index (χ0n) is 9.00. The SMILES string of the molecule is CNc1c(Cl)ncnc1N1CCCC1C. The standard InChI is InChI=1S/C10H15ClN4/c1-7-4-3-5-15(7)10-8(12-2)9(11)13-6-14-10/h6-7,12H,3-5H2,1-2H3. The minimum Gasteiger partial charge on any atom is -0.383 e. The van der Waals surface area contributed by atoms with Gasteiger partial charge in [-0.15, -0.1) is 0 Å². The van der Waals surface area contributed by atoms with Crippen molar-refractivity contribution in [2.24, 2.45) is 0 Å². The minimum atomic E-state index is 0.488. The molecule has 82 valence electrons. The van der Waals surface area contributed by atoms with Crippen molar-refractivity contribution >= 4 is 23.1 Å². The summed E-state index contributed by atoms with van der Waals surface area (Å²) in [6.45, 7) is 3.26. The van der Waals surface area contributed by atoms with Gasteiger partial charge in [-0.25, -0.2) is 9.97 Å². The summed E-state index contributed by atoms with van der Waals surface area (Å²) < 4.78 is 0. The van der Waals surface area contributed by atoms with Gasteiger partial charge in [-0.05, 0) is 19.8 Å². The number of nitrogens with one attached hydrogen (secondary N) is 1. The van der Waals surface area contributed by atoms with Crippen molar-refractivity contribution in [3.8, 4) is 0 Å². The van der Waals surface area contributed by atoms with Gasteiger partial charge in [-0.1, -0.05) is 11.6 Å². The Morgan fingerprint density at radius 2 is 2.33 bits per heavy atom. The Kier molecular flexibility index (Phi) is 2.95. The van der Waals surface area contributed by atoms with Gasteiger partial charge < -0.3 is 10.2 Å². The molecule has 0 amide bonds. The van der Waals surface area contributed by atoms with Crippen LogP contribution in [0, 0.1) is 0 Å². The van der Waals surface area contributed by atoms with Crippen molar-refractivity contribution in [1.29, 1.82) is 0 Å². The van der Waals surface area contributed by atoms with Crippen LogP contribution in [0.3, 0.4) is 0 Å². The van der Waals surface area contributed by atoms with E-state index in [1.165, 1.54) is 19.2 Å². The second-order valence-electron chi connectivity index (χ2n) is 3.80. The topological polar surface area (TPSA) is 41.1 Å². The summed E-state index contributed by atoms with van der Waals surface area (Å²) >= 11 is 6.02. The molecule has 0 spiro atoms. The van der Waals surface area contributed by atoms with E-state index in [1.54, 1.807) is 0 Å². The molecule has 1 N–H and O–H groups in total. The van der Waals surface area contributed by atoms with Gasteiger partial charge in [0.15, 0.2) is 11.0 Å². The average Bonchev–Trinajstić information content (AvgIpc) is 2.64. The number of anilines is 2. The Morgan fingerprint density at radius 1 is 1.53 bits per heavy atom. The molecule has 1 aromatic heterocycles. The van der Waals surface area contributed by atoms with Gasteiger partial charge in [0.25, 0.3) is 0 Å². The molecule has 0 aromatic carbocycles. The molecule has 0 radical (unpaired) electrons. The molecular formula is C10H15ClN4. The predicted molar refractivity (Wildman–Crippen MR) is 62.6 cm³/mol. The number of hydrogen-bond acceptors (Lipinski definition) is 4. The van der Waals surface area contributed by atoms with E-state index in [0.29, 0.717) is 11.2 Å². The third-order valence-electron chi connectivity index (χ3n) is 2.86. The summed E-state index contributed by atoms with van der Waals surface area (Å²) in [6, 6.07) is 0.531. The summed E-state index contributed by atoms with van der Waals surface area (Å²) in [5.74, 6) is 0.919. The lowest BCUT2D eigenvalue weighted by molar-refractivity contribution is 0.726. The van der Waals surface area contributed by atoms with E-state index in [0.717, 1.165) is 18.1 Å². The highest BCUT2D eigenvalue weighted by molar-refractivity contribution is 6.32. The quantitative estimate of drug-likeness (QED) is 0.785. The average molecular weight is 227 g/mol. The van der Waals surface area contributed by atoms with E-state index in [-0.39, 0.29) is 0 Å². The van der Waals surface area contributed by atoms with Crippen LogP contribution in [-0.4, -0.2) is 29.6 Å². The van der Waals surface area contributed by atoms with Crippen LogP contribution in [0.1, 0.15) is 19.8 Å². The van der Waals surface area contributed by atoms with Crippen molar-refractivity contribution in [2.75, 3.05) is 23.8 Å². The Labute approximate surface area is 94.7 Å². The molecule has 5 heteroatoms. The van der Waals surface area contributed by atoms with E-state index in [9.17, 15) is 0 Å². The van der Waals surface area contributed by atoms with Crippen molar-refractivity contribution in [3.63, 3.8) is 0 Å². The first-order valence-corrected chi connectivity index (χ1v) is 5.56. The zero-order chi connectivity index (χ0) is 10.8. The molecule has 4 nitrogen and oxygen atoms in total. The predicted octanol–water partition coefficient (Wildman–Crippen LogP) is 2.16. The molecule has 1 fully saturated rings. The molecule has 1 aliphatic rings. The lowest BCUT2D eigenvalue weighted by Gasteiger charge is -2.24. The Hall–Kier alpha value is -1.03. The van der Waals surface area contributed by atoms with E-state index in [2.05, 4.69) is 27.1 Å². The second-order valence-corrected chi connectivity index (χ2v) is 4.16. The number of halogens is 1. The highest BCUT2D eigenvalue weighted by atomic mass is 35.5. The summed E-state index contributed by atoms with van der Waals surface area (Å²) in [6.07, 6.45) is 3.94. The molecule has 1 atom stereocenters. The zero-order valence-corrected chi connectivity index (χ0v) is 9.75. The molecule has 15 heavy (non-hydrogen) atoms. The van der Waals surface area contributed by atoms with Crippen LogP contribution in [0.2, 0.25) is 5.15 Å². The second kappa shape index (κ2) is 4.23. The molecule has 0 aliphatic carbocycles. The Balaban J connectivity index is 2.38. The maximum Gasteiger partial charge on any atom is 0.157 e. The third-order valence-corrected chi connectivity index (χ3v) is 3.14. The molecule has 0 bridgehead atoms. The van der Waals surface area contributed by atoms with E-state index in [1.807, 2.05) is 7.05 Å². The molecule has 1 saturated heterocycles. The maximum absolute atomic E-state index is 6.02. The number of hydrogen-bond donors (Lipinski definition) is 1. The van der Waals surface area contributed by atoms with Crippen LogP contribution in [0.4, 0.5) is 11.5 Å². The minimum absolute atomic E-state index is 0.488. The summed E-state index contributed by atoms with van der Waals surface area (Å²) in [5.41, 5.74) is 0.827. The fraction of sp³-hybridized carbons (Fsp3) is 0.600. The van der Waals surface area contributed by atoms with Crippen molar-refractivity contribution in [2.45, 2.75) is 25.8 Å². The van der Waals surface area contributed by atoms with Gasteiger partial charge in [0.05, 0.1) is 0 Å². The van der Waals surface area contributed by atoms with Crippen LogP contribution < -0.4 is 10.2 Å². The molecule has 1 unspecified atom stereocenters. The lowest BCUT2D eigenvalue weighted by atomic mass is 10.2. The van der Waals surface area contributed by atoms with Crippen LogP contribution >= 0.6 is 11.6 Å². The molecule has 0 saturated carbocycles. The van der Waals surface area contributed by atoms with Crippen LogP contribution in [0.25, 0.3) is 0 Å². The first kappa shape index (κ1) is 10.5. The van der Waals surface area contributed by atoms with Gasteiger partial charge in [-0.2, -0.15) is 0 Å². The Bertz CT molecular complexity index is 355. The normalized spacial score (nSPS) is 20.7. The summed E-state index contributed by atoms with van der Waals surface area (Å²) in [5, 5.41) is 3.55. The van der Waals surface area contributed by atoms with Gasteiger partial charge in [-0.3, -0.25) is 0 Å². The molecule has 2 heterocycles. The largest absolute Gasteiger partial charge is 0.383 e. The number of aromatic nitrogens is 2. The molecule has 2 rings (SSSR count). The molecular weight excluding hydrogens is 212 g/mol. The van der Waals surface area contributed by atoms with E-state index in [4.69, 9.17) is 11.6 Å².